The van der Waals surface area contributed by atoms with Gasteiger partial charge in [0, 0.05) is 37.1 Å². The quantitative estimate of drug-likeness (QED) is 0.620. The molecule has 7 heteroatoms. The lowest BCUT2D eigenvalue weighted by atomic mass is 9.83. The highest BCUT2D eigenvalue weighted by Gasteiger charge is 2.47. The minimum atomic E-state index is -0.590. The molecule has 26 heavy (non-hydrogen) atoms. The average molecular weight is 365 g/mol. The number of likely N-dealkylation sites (tertiary alicyclic amines) is 1. The molecule has 130 valence electrons. The fraction of sp³-hybridized carbons (Fsp3) is 0.263. The maximum Gasteiger partial charge on any atom is 0.339 e. The smallest absolute Gasteiger partial charge is 0.339 e. The highest BCUT2D eigenvalue weighted by molar-refractivity contribution is 7.00. The van der Waals surface area contributed by atoms with Crippen LogP contribution in [-0.4, -0.2) is 38.6 Å². The van der Waals surface area contributed by atoms with Crippen LogP contribution in [0, 0.1) is 0 Å². The zero-order valence-corrected chi connectivity index (χ0v) is 14.7. The zero-order valence-electron chi connectivity index (χ0n) is 13.8. The number of nitrogens with zero attached hydrogens (tertiary/aromatic N) is 3. The normalized spacial score (nSPS) is 18.2. The lowest BCUT2D eigenvalue weighted by Crippen LogP contribution is -2.45. The number of carbonyl (C=O) groups is 2. The number of benzene rings is 2. The van der Waals surface area contributed by atoms with Crippen LogP contribution in [0.5, 0.6) is 0 Å². The number of piperidine rings is 1. The average Bonchev–Trinajstić information content (AvgIpc) is 3.25. The minimum absolute atomic E-state index is 0.0210. The third-order valence-corrected chi connectivity index (χ3v) is 5.84. The summed E-state index contributed by atoms with van der Waals surface area (Å²) in [6, 6.07) is 12.9. The Labute approximate surface area is 153 Å². The van der Waals surface area contributed by atoms with E-state index in [0.29, 0.717) is 37.1 Å². The molecular formula is C19H15N3O3S. The molecule has 0 unspecified atom stereocenters. The first-order valence-corrected chi connectivity index (χ1v) is 9.24. The van der Waals surface area contributed by atoms with Gasteiger partial charge in [0.2, 0.25) is 0 Å². The molecule has 1 saturated heterocycles. The molecule has 0 aliphatic carbocycles. The molecule has 6 nitrogen and oxygen atoms in total. The molecule has 0 saturated carbocycles. The van der Waals surface area contributed by atoms with Crippen LogP contribution in [0.3, 0.4) is 0 Å². The number of hydrogen-bond acceptors (Lipinski definition) is 6. The van der Waals surface area contributed by atoms with E-state index in [4.69, 9.17) is 4.74 Å². The zero-order chi connectivity index (χ0) is 17.7. The number of carbonyl (C=O) groups excluding carboxylic acids is 2. The molecule has 0 bridgehead atoms. The molecule has 5 rings (SSSR count). The lowest BCUT2D eigenvalue weighted by molar-refractivity contribution is -0.0389. The Bertz CT molecular complexity index is 1040. The van der Waals surface area contributed by atoms with Crippen molar-refractivity contribution >= 4 is 34.6 Å². The van der Waals surface area contributed by atoms with Gasteiger partial charge in [-0.3, -0.25) is 4.79 Å². The largest absolute Gasteiger partial charge is 0.450 e. The first-order valence-electron chi connectivity index (χ1n) is 8.51. The second-order valence-electron chi connectivity index (χ2n) is 6.69. The molecule has 3 heterocycles. The van der Waals surface area contributed by atoms with E-state index in [-0.39, 0.29) is 11.9 Å². The summed E-state index contributed by atoms with van der Waals surface area (Å²) in [5.41, 5.74) is 3.17. The molecule has 1 aromatic heterocycles. The van der Waals surface area contributed by atoms with Crippen LogP contribution in [0.15, 0.2) is 42.5 Å². The Hall–Kier alpha value is -2.80. The Balaban J connectivity index is 1.37. The number of ether oxygens (including phenoxy) is 1. The first-order chi connectivity index (χ1) is 12.7. The second-order valence-corrected chi connectivity index (χ2v) is 7.22. The van der Waals surface area contributed by atoms with Gasteiger partial charge in [0.15, 0.2) is 0 Å². The highest BCUT2D eigenvalue weighted by atomic mass is 32.1. The molecule has 1 amide bonds. The standard InChI is InChI=1S/C19H15N3O3S/c23-17(12-5-6-15-16(11-12)21-26-20-15)22-9-7-19(8-10-22)14-4-2-1-3-13(14)18(24)25-19/h1-6,11H,7-10H2. The summed E-state index contributed by atoms with van der Waals surface area (Å²) < 4.78 is 14.1. The van der Waals surface area contributed by atoms with Gasteiger partial charge in [-0.05, 0) is 24.3 Å². The lowest BCUT2D eigenvalue weighted by Gasteiger charge is -2.38. The Morgan fingerprint density at radius 2 is 1.85 bits per heavy atom. The van der Waals surface area contributed by atoms with Crippen LogP contribution < -0.4 is 0 Å². The Morgan fingerprint density at radius 3 is 2.69 bits per heavy atom. The summed E-state index contributed by atoms with van der Waals surface area (Å²) in [7, 11) is 0. The van der Waals surface area contributed by atoms with Crippen LogP contribution in [-0.2, 0) is 10.3 Å². The van der Waals surface area contributed by atoms with Crippen LogP contribution in [0.1, 0.15) is 39.1 Å². The van der Waals surface area contributed by atoms with Crippen molar-refractivity contribution < 1.29 is 14.3 Å². The number of hydrogen-bond donors (Lipinski definition) is 0. The van der Waals surface area contributed by atoms with Gasteiger partial charge in [-0.2, -0.15) is 8.75 Å². The summed E-state index contributed by atoms with van der Waals surface area (Å²) in [6.07, 6.45) is 1.23. The predicted molar refractivity (Wildman–Crippen MR) is 96.1 cm³/mol. The minimum Gasteiger partial charge on any atom is -0.450 e. The maximum atomic E-state index is 12.9. The number of aromatic nitrogens is 2. The summed E-state index contributed by atoms with van der Waals surface area (Å²) in [5.74, 6) is -0.283. The van der Waals surface area contributed by atoms with Crippen LogP contribution in [0.4, 0.5) is 0 Å². The van der Waals surface area contributed by atoms with Gasteiger partial charge in [-0.15, -0.1) is 0 Å². The molecule has 2 aliphatic rings. The third kappa shape index (κ3) is 2.24. The van der Waals surface area contributed by atoms with E-state index in [2.05, 4.69) is 8.75 Å². The number of esters is 1. The van der Waals surface area contributed by atoms with Crippen molar-refractivity contribution in [1.82, 2.24) is 13.6 Å². The SMILES string of the molecule is O=C1OC2(CCN(C(=O)c3ccc4nsnc4c3)CC2)c2ccccc21. The second kappa shape index (κ2) is 5.60. The molecule has 2 aliphatic heterocycles. The number of amides is 1. The number of rotatable bonds is 1. The van der Waals surface area contributed by atoms with Crippen molar-refractivity contribution in [3.63, 3.8) is 0 Å². The van der Waals surface area contributed by atoms with Crippen molar-refractivity contribution in [2.24, 2.45) is 0 Å². The van der Waals surface area contributed by atoms with Crippen molar-refractivity contribution in [2.45, 2.75) is 18.4 Å². The fourth-order valence-corrected chi connectivity index (χ4v) is 4.40. The van der Waals surface area contributed by atoms with E-state index in [1.165, 1.54) is 0 Å². The molecule has 0 atom stereocenters. The van der Waals surface area contributed by atoms with E-state index in [1.807, 2.05) is 29.2 Å². The predicted octanol–water partition coefficient (Wildman–Crippen LogP) is 2.99. The van der Waals surface area contributed by atoms with Gasteiger partial charge in [0.05, 0.1) is 17.3 Å². The molecule has 0 N–H and O–H groups in total. The van der Waals surface area contributed by atoms with Crippen LogP contribution in [0.2, 0.25) is 0 Å². The summed E-state index contributed by atoms with van der Waals surface area (Å²) >= 11 is 1.14. The first kappa shape index (κ1) is 15.5. The summed E-state index contributed by atoms with van der Waals surface area (Å²) in [4.78, 5) is 26.8. The van der Waals surface area contributed by atoms with Gasteiger partial charge >= 0.3 is 5.97 Å². The Kier molecular flexibility index (Phi) is 3.33. The topological polar surface area (TPSA) is 72.4 Å². The third-order valence-electron chi connectivity index (χ3n) is 5.28. The van der Waals surface area contributed by atoms with Gasteiger partial charge in [-0.25, -0.2) is 4.79 Å². The monoisotopic (exact) mass is 365 g/mol. The molecule has 3 aromatic rings. The Morgan fingerprint density at radius 1 is 1.08 bits per heavy atom. The van der Waals surface area contributed by atoms with Crippen molar-refractivity contribution in [3.05, 3.63) is 59.2 Å². The molecule has 1 spiro atoms. The van der Waals surface area contributed by atoms with Crippen LogP contribution in [0.25, 0.3) is 11.0 Å². The van der Waals surface area contributed by atoms with Gasteiger partial charge < -0.3 is 9.64 Å². The van der Waals surface area contributed by atoms with Crippen molar-refractivity contribution in [2.75, 3.05) is 13.1 Å². The van der Waals surface area contributed by atoms with Crippen LogP contribution >= 0.6 is 11.7 Å². The van der Waals surface area contributed by atoms with Gasteiger partial charge in [0.1, 0.15) is 16.6 Å². The van der Waals surface area contributed by atoms with E-state index in [9.17, 15) is 9.59 Å². The summed E-state index contributed by atoms with van der Waals surface area (Å²) in [6.45, 7) is 1.10. The van der Waals surface area contributed by atoms with E-state index in [1.54, 1.807) is 18.2 Å². The van der Waals surface area contributed by atoms with Gasteiger partial charge in [0.25, 0.3) is 5.91 Å². The van der Waals surface area contributed by atoms with E-state index < -0.39 is 5.60 Å². The molecule has 0 radical (unpaired) electrons. The molecule has 2 aromatic carbocycles. The van der Waals surface area contributed by atoms with E-state index in [0.717, 1.165) is 28.3 Å². The van der Waals surface area contributed by atoms with Crippen molar-refractivity contribution in [1.29, 1.82) is 0 Å². The molecular weight excluding hydrogens is 350 g/mol. The number of fused-ring (bicyclic) bond motifs is 3. The van der Waals surface area contributed by atoms with E-state index >= 15 is 0 Å². The highest BCUT2D eigenvalue weighted by Crippen LogP contribution is 2.44. The summed E-state index contributed by atoms with van der Waals surface area (Å²) in [5, 5.41) is 0. The fourth-order valence-electron chi connectivity index (χ4n) is 3.89. The maximum absolute atomic E-state index is 12.9. The van der Waals surface area contributed by atoms with Gasteiger partial charge in [-0.1, -0.05) is 18.2 Å². The molecule has 1 fully saturated rings. The van der Waals surface area contributed by atoms with Crippen molar-refractivity contribution in [3.8, 4) is 0 Å².